The van der Waals surface area contributed by atoms with E-state index in [1.165, 1.54) is 12.8 Å². The Bertz CT molecular complexity index is 293. The number of nitrogens with zero attached hydrogens (tertiary/aromatic N) is 1. The number of hydrogen-bond donors (Lipinski definition) is 1. The van der Waals surface area contributed by atoms with Crippen LogP contribution < -0.4 is 5.32 Å². The van der Waals surface area contributed by atoms with Gasteiger partial charge in [-0.1, -0.05) is 0 Å². The minimum Gasteiger partial charge on any atom is -0.449 e. The lowest BCUT2D eigenvalue weighted by atomic mass is 10.0. The molecule has 84 valence electrons. The van der Waals surface area contributed by atoms with Gasteiger partial charge in [0.25, 0.3) is 0 Å². The first-order valence-corrected chi connectivity index (χ1v) is 5.54. The first-order chi connectivity index (χ1) is 7.34. The lowest BCUT2D eigenvalue weighted by Gasteiger charge is -2.22. The molecule has 0 aliphatic carbocycles. The van der Waals surface area contributed by atoms with Crippen molar-refractivity contribution in [3.63, 3.8) is 0 Å². The Hall–Kier alpha value is -0.870. The van der Waals surface area contributed by atoms with Crippen molar-refractivity contribution in [2.24, 2.45) is 5.92 Å². The molecule has 15 heavy (non-hydrogen) atoms. The van der Waals surface area contributed by atoms with Crippen molar-refractivity contribution in [1.29, 1.82) is 0 Å². The maximum atomic E-state index is 5.61. The van der Waals surface area contributed by atoms with Crippen molar-refractivity contribution < 1.29 is 9.15 Å². The molecular formula is C11H18N2O2. The Balaban J connectivity index is 1.65. The lowest BCUT2D eigenvalue weighted by molar-refractivity contribution is 0.0763. The zero-order valence-electron chi connectivity index (χ0n) is 9.16. The zero-order valence-corrected chi connectivity index (χ0v) is 9.16. The highest BCUT2D eigenvalue weighted by Gasteiger charge is 2.12. The van der Waals surface area contributed by atoms with Crippen LogP contribution in [-0.2, 0) is 11.3 Å². The Morgan fingerprint density at radius 3 is 3.27 bits per heavy atom. The first-order valence-electron chi connectivity index (χ1n) is 5.54. The van der Waals surface area contributed by atoms with Gasteiger partial charge >= 0.3 is 0 Å². The van der Waals surface area contributed by atoms with Gasteiger partial charge in [0.15, 0.2) is 5.89 Å². The molecule has 1 aromatic heterocycles. The second-order valence-corrected chi connectivity index (χ2v) is 4.09. The minimum absolute atomic E-state index is 0.563. The quantitative estimate of drug-likeness (QED) is 0.818. The number of nitrogens with one attached hydrogen (secondary N) is 1. The van der Waals surface area contributed by atoms with Crippen LogP contribution in [0.3, 0.4) is 0 Å². The van der Waals surface area contributed by atoms with Crippen LogP contribution in [0.1, 0.15) is 24.4 Å². The standard InChI is InChI=1S/C11H18N2O2/c1-9-13-11(8-15-9)7-14-6-10-3-2-4-12-5-10/h8,10,12H,2-7H2,1H3/t10-/m0/s1. The monoisotopic (exact) mass is 210 g/mol. The van der Waals surface area contributed by atoms with E-state index in [4.69, 9.17) is 9.15 Å². The van der Waals surface area contributed by atoms with Crippen LogP contribution in [0.25, 0.3) is 0 Å². The van der Waals surface area contributed by atoms with Crippen molar-refractivity contribution in [1.82, 2.24) is 10.3 Å². The number of aryl methyl sites for hydroxylation is 1. The van der Waals surface area contributed by atoms with Crippen molar-refractivity contribution in [2.75, 3.05) is 19.7 Å². The predicted molar refractivity (Wildman–Crippen MR) is 56.5 cm³/mol. The molecule has 1 aliphatic rings. The maximum absolute atomic E-state index is 5.61. The third-order valence-electron chi connectivity index (χ3n) is 2.67. The van der Waals surface area contributed by atoms with Crippen LogP contribution in [0.4, 0.5) is 0 Å². The average molecular weight is 210 g/mol. The zero-order chi connectivity index (χ0) is 10.5. The van der Waals surface area contributed by atoms with Crippen LogP contribution in [0, 0.1) is 12.8 Å². The Labute approximate surface area is 90.0 Å². The molecule has 1 atom stereocenters. The van der Waals surface area contributed by atoms with Crippen molar-refractivity contribution >= 4 is 0 Å². The summed E-state index contributed by atoms with van der Waals surface area (Å²) < 4.78 is 10.7. The summed E-state index contributed by atoms with van der Waals surface area (Å²) in [6, 6.07) is 0. The molecule has 2 rings (SSSR count). The van der Waals surface area contributed by atoms with Crippen molar-refractivity contribution in [3.8, 4) is 0 Å². The van der Waals surface area contributed by atoms with Gasteiger partial charge in [0, 0.05) is 13.5 Å². The van der Waals surface area contributed by atoms with E-state index in [0.717, 1.165) is 25.4 Å². The average Bonchev–Trinajstić information content (AvgIpc) is 2.66. The number of rotatable bonds is 4. The Kier molecular flexibility index (Phi) is 3.75. The molecule has 0 amide bonds. The molecular weight excluding hydrogens is 192 g/mol. The summed E-state index contributed by atoms with van der Waals surface area (Å²) in [6.45, 7) is 5.46. The number of hydrogen-bond acceptors (Lipinski definition) is 4. The molecule has 1 fully saturated rings. The van der Waals surface area contributed by atoms with Crippen molar-refractivity contribution in [3.05, 3.63) is 17.8 Å². The van der Waals surface area contributed by atoms with Crippen LogP contribution in [0.5, 0.6) is 0 Å². The second-order valence-electron chi connectivity index (χ2n) is 4.09. The Morgan fingerprint density at radius 2 is 2.60 bits per heavy atom. The van der Waals surface area contributed by atoms with Gasteiger partial charge < -0.3 is 14.5 Å². The van der Waals surface area contributed by atoms with Gasteiger partial charge in [-0.2, -0.15) is 0 Å². The van der Waals surface area contributed by atoms with Gasteiger partial charge in [-0.05, 0) is 25.3 Å². The lowest BCUT2D eigenvalue weighted by Crippen LogP contribution is -2.32. The van der Waals surface area contributed by atoms with Crippen LogP contribution >= 0.6 is 0 Å². The fourth-order valence-electron chi connectivity index (χ4n) is 1.87. The van der Waals surface area contributed by atoms with Gasteiger partial charge in [0.1, 0.15) is 12.0 Å². The molecule has 0 radical (unpaired) electrons. The van der Waals surface area contributed by atoms with Crippen LogP contribution in [0.15, 0.2) is 10.7 Å². The molecule has 2 heterocycles. The highest BCUT2D eigenvalue weighted by molar-refractivity contribution is 4.92. The molecule has 0 spiro atoms. The fraction of sp³-hybridized carbons (Fsp3) is 0.727. The highest BCUT2D eigenvalue weighted by Crippen LogP contribution is 2.11. The van der Waals surface area contributed by atoms with Crippen LogP contribution in [0.2, 0.25) is 0 Å². The second kappa shape index (κ2) is 5.28. The molecule has 0 bridgehead atoms. The molecule has 0 saturated carbocycles. The SMILES string of the molecule is Cc1nc(COC[C@H]2CCCNC2)co1. The fourth-order valence-corrected chi connectivity index (χ4v) is 1.87. The molecule has 1 saturated heterocycles. The van der Waals surface area contributed by atoms with E-state index in [0.29, 0.717) is 18.4 Å². The molecule has 0 aromatic carbocycles. The molecule has 0 unspecified atom stereocenters. The van der Waals surface area contributed by atoms with Gasteiger partial charge in [0.05, 0.1) is 13.2 Å². The smallest absolute Gasteiger partial charge is 0.191 e. The summed E-state index contributed by atoms with van der Waals surface area (Å²) in [7, 11) is 0. The summed E-state index contributed by atoms with van der Waals surface area (Å²) in [6.07, 6.45) is 4.19. The highest BCUT2D eigenvalue weighted by atomic mass is 16.5. The topological polar surface area (TPSA) is 47.3 Å². The number of piperidine rings is 1. The number of aromatic nitrogens is 1. The molecule has 1 N–H and O–H groups in total. The summed E-state index contributed by atoms with van der Waals surface area (Å²) in [5, 5.41) is 3.37. The van der Waals surface area contributed by atoms with E-state index in [1.54, 1.807) is 6.26 Å². The largest absolute Gasteiger partial charge is 0.449 e. The van der Waals surface area contributed by atoms with Crippen LogP contribution in [-0.4, -0.2) is 24.7 Å². The van der Waals surface area contributed by atoms with E-state index in [9.17, 15) is 0 Å². The van der Waals surface area contributed by atoms with E-state index in [-0.39, 0.29) is 0 Å². The van der Waals surface area contributed by atoms with Gasteiger partial charge in [-0.15, -0.1) is 0 Å². The first kappa shape index (κ1) is 10.6. The summed E-state index contributed by atoms with van der Waals surface area (Å²) >= 11 is 0. The summed E-state index contributed by atoms with van der Waals surface area (Å²) in [5.74, 6) is 1.36. The molecule has 4 nitrogen and oxygen atoms in total. The molecule has 4 heteroatoms. The number of ether oxygens (including phenoxy) is 1. The normalized spacial score (nSPS) is 21.8. The number of oxazole rings is 1. The van der Waals surface area contributed by atoms with Gasteiger partial charge in [-0.3, -0.25) is 0 Å². The van der Waals surface area contributed by atoms with Gasteiger partial charge in [0.2, 0.25) is 0 Å². The summed E-state index contributed by atoms with van der Waals surface area (Å²) in [4.78, 5) is 4.19. The summed E-state index contributed by atoms with van der Waals surface area (Å²) in [5.41, 5.74) is 0.885. The van der Waals surface area contributed by atoms with E-state index in [1.807, 2.05) is 6.92 Å². The Morgan fingerprint density at radius 1 is 1.67 bits per heavy atom. The third-order valence-corrected chi connectivity index (χ3v) is 2.67. The molecule has 1 aromatic rings. The third kappa shape index (κ3) is 3.32. The van der Waals surface area contributed by atoms with Gasteiger partial charge in [-0.25, -0.2) is 4.98 Å². The minimum atomic E-state index is 0.563. The molecule has 1 aliphatic heterocycles. The van der Waals surface area contributed by atoms with E-state index >= 15 is 0 Å². The van der Waals surface area contributed by atoms with E-state index < -0.39 is 0 Å². The maximum Gasteiger partial charge on any atom is 0.191 e. The van der Waals surface area contributed by atoms with E-state index in [2.05, 4.69) is 10.3 Å². The predicted octanol–water partition coefficient (Wildman–Crippen LogP) is 1.50. The van der Waals surface area contributed by atoms with Crippen molar-refractivity contribution in [2.45, 2.75) is 26.4 Å².